The Labute approximate surface area is 103 Å². The van der Waals surface area contributed by atoms with Crippen LogP contribution in [0.5, 0.6) is 0 Å². The second kappa shape index (κ2) is 4.20. The van der Waals surface area contributed by atoms with Gasteiger partial charge in [0.05, 0.1) is 24.3 Å². The summed E-state index contributed by atoms with van der Waals surface area (Å²) in [5.74, 6) is 0.406. The highest BCUT2D eigenvalue weighted by molar-refractivity contribution is 5.87. The van der Waals surface area contributed by atoms with Gasteiger partial charge < -0.3 is 26.2 Å². The van der Waals surface area contributed by atoms with Crippen LogP contribution in [0.2, 0.25) is 0 Å². The molecule has 0 spiro atoms. The third-order valence-corrected chi connectivity index (χ3v) is 3.45. The lowest BCUT2D eigenvalue weighted by atomic mass is 10.1. The minimum absolute atomic E-state index is 0.0415. The summed E-state index contributed by atoms with van der Waals surface area (Å²) >= 11 is 0. The molecule has 2 aromatic heterocycles. The summed E-state index contributed by atoms with van der Waals surface area (Å²) in [6, 6.07) is -0.334. The Hall–Kier alpha value is -1.70. The number of fused-ring (bicyclic) bond motifs is 1. The Bertz CT molecular complexity index is 570. The van der Waals surface area contributed by atoms with E-state index in [1.165, 1.54) is 6.33 Å². The lowest BCUT2D eigenvalue weighted by molar-refractivity contribution is 0.121. The number of aromatic amines is 1. The molecule has 7 nitrogen and oxygen atoms in total. The topological polar surface area (TPSA) is 120 Å². The molecule has 0 radical (unpaired) electrons. The second-order valence-electron chi connectivity index (χ2n) is 4.54. The molecule has 0 aliphatic carbocycles. The van der Waals surface area contributed by atoms with Gasteiger partial charge in [-0.25, -0.2) is 9.97 Å². The van der Waals surface area contributed by atoms with E-state index in [2.05, 4.69) is 20.3 Å². The number of nitrogens with zero attached hydrogens (tertiary/aromatic N) is 2. The predicted octanol–water partition coefficient (Wildman–Crippen LogP) is -0.704. The fourth-order valence-corrected chi connectivity index (χ4v) is 2.48. The van der Waals surface area contributed by atoms with Crippen molar-refractivity contribution in [3.05, 3.63) is 18.1 Å². The van der Waals surface area contributed by atoms with E-state index >= 15 is 0 Å². The van der Waals surface area contributed by atoms with Crippen molar-refractivity contribution in [3.8, 4) is 0 Å². The van der Waals surface area contributed by atoms with Crippen molar-refractivity contribution in [2.75, 3.05) is 12.3 Å². The van der Waals surface area contributed by atoms with Crippen molar-refractivity contribution in [2.24, 2.45) is 0 Å². The van der Waals surface area contributed by atoms with Crippen molar-refractivity contribution in [1.29, 1.82) is 0 Å². The van der Waals surface area contributed by atoms with Crippen molar-refractivity contribution < 1.29 is 10.2 Å². The van der Waals surface area contributed by atoms with E-state index in [1.54, 1.807) is 0 Å². The van der Waals surface area contributed by atoms with Gasteiger partial charge in [0.2, 0.25) is 0 Å². The van der Waals surface area contributed by atoms with Gasteiger partial charge in [0.15, 0.2) is 5.82 Å². The molecule has 96 valence electrons. The van der Waals surface area contributed by atoms with E-state index < -0.39 is 6.10 Å². The van der Waals surface area contributed by atoms with Crippen molar-refractivity contribution >= 4 is 16.9 Å². The van der Waals surface area contributed by atoms with Crippen LogP contribution in [0.15, 0.2) is 12.5 Å². The highest BCUT2D eigenvalue weighted by Crippen LogP contribution is 2.31. The highest BCUT2D eigenvalue weighted by Gasteiger charge is 2.34. The quantitative estimate of drug-likeness (QED) is 0.480. The summed E-state index contributed by atoms with van der Waals surface area (Å²) in [6.07, 6.45) is 3.23. The molecule has 0 bridgehead atoms. The highest BCUT2D eigenvalue weighted by atomic mass is 16.3. The normalized spacial score (nSPS) is 28.0. The third kappa shape index (κ3) is 1.64. The number of aliphatic hydroxyl groups is 2. The number of H-pyrrole nitrogens is 1. The second-order valence-corrected chi connectivity index (χ2v) is 4.54. The van der Waals surface area contributed by atoms with Gasteiger partial charge in [-0.3, -0.25) is 0 Å². The fourth-order valence-electron chi connectivity index (χ4n) is 2.48. The van der Waals surface area contributed by atoms with Gasteiger partial charge in [-0.2, -0.15) is 0 Å². The third-order valence-electron chi connectivity index (χ3n) is 3.45. The largest absolute Gasteiger partial charge is 0.395 e. The standard InChI is InChI=1S/C11H15N5O2/c12-11-10-9(14-4-15-11)5(2-13-10)6-1-8(18)7(3-17)16-6/h2,4,6-8,13,16-18H,1,3H2,(H2,12,14,15). The zero-order valence-electron chi connectivity index (χ0n) is 9.67. The Morgan fingerprint density at radius 2 is 2.28 bits per heavy atom. The van der Waals surface area contributed by atoms with Gasteiger partial charge in [0, 0.05) is 17.8 Å². The van der Waals surface area contributed by atoms with Crippen molar-refractivity contribution in [2.45, 2.75) is 24.6 Å². The maximum atomic E-state index is 9.79. The van der Waals surface area contributed by atoms with Crippen LogP contribution in [0.25, 0.3) is 11.0 Å². The van der Waals surface area contributed by atoms with Crippen LogP contribution >= 0.6 is 0 Å². The summed E-state index contributed by atoms with van der Waals surface area (Å²) in [5, 5.41) is 22.1. The molecule has 18 heavy (non-hydrogen) atoms. The average molecular weight is 249 g/mol. The van der Waals surface area contributed by atoms with Crippen molar-refractivity contribution in [3.63, 3.8) is 0 Å². The van der Waals surface area contributed by atoms with E-state index in [9.17, 15) is 5.11 Å². The first-order valence-electron chi connectivity index (χ1n) is 5.83. The maximum absolute atomic E-state index is 9.79. The monoisotopic (exact) mass is 249 g/mol. The van der Waals surface area contributed by atoms with Crippen molar-refractivity contribution in [1.82, 2.24) is 20.3 Å². The zero-order chi connectivity index (χ0) is 12.7. The molecule has 0 amide bonds. The summed E-state index contributed by atoms with van der Waals surface area (Å²) < 4.78 is 0. The van der Waals surface area contributed by atoms with Crippen LogP contribution in [0, 0.1) is 0 Å². The first kappa shape index (κ1) is 11.4. The minimum Gasteiger partial charge on any atom is -0.395 e. The zero-order valence-corrected chi connectivity index (χ0v) is 9.67. The first-order chi connectivity index (χ1) is 8.70. The summed E-state index contributed by atoms with van der Waals surface area (Å²) in [6.45, 7) is -0.0862. The van der Waals surface area contributed by atoms with Gasteiger partial charge in [-0.15, -0.1) is 0 Å². The van der Waals surface area contributed by atoms with Crippen LogP contribution in [0.1, 0.15) is 18.0 Å². The summed E-state index contributed by atoms with van der Waals surface area (Å²) in [4.78, 5) is 11.2. The molecule has 3 heterocycles. The lowest BCUT2D eigenvalue weighted by Gasteiger charge is -2.11. The predicted molar refractivity (Wildman–Crippen MR) is 65.7 cm³/mol. The number of nitrogens with two attached hydrogens (primary N) is 1. The van der Waals surface area contributed by atoms with Gasteiger partial charge in [0.25, 0.3) is 0 Å². The average Bonchev–Trinajstić information content (AvgIpc) is 2.93. The molecule has 1 aliphatic heterocycles. The molecular formula is C11H15N5O2. The summed E-state index contributed by atoms with van der Waals surface area (Å²) in [7, 11) is 0. The van der Waals surface area contributed by atoms with E-state index in [4.69, 9.17) is 10.8 Å². The maximum Gasteiger partial charge on any atom is 0.151 e. The Morgan fingerprint density at radius 3 is 3.00 bits per heavy atom. The molecule has 6 N–H and O–H groups in total. The molecule has 2 aromatic rings. The summed E-state index contributed by atoms with van der Waals surface area (Å²) in [5.41, 5.74) is 8.16. The number of rotatable bonds is 2. The number of hydrogen-bond acceptors (Lipinski definition) is 6. The number of hydrogen-bond donors (Lipinski definition) is 5. The number of aromatic nitrogens is 3. The van der Waals surface area contributed by atoms with Gasteiger partial charge in [-0.1, -0.05) is 0 Å². The molecule has 0 aromatic carbocycles. The molecule has 7 heteroatoms. The van der Waals surface area contributed by atoms with E-state index in [1.807, 2.05) is 6.20 Å². The van der Waals surface area contributed by atoms with Crippen LogP contribution in [0.4, 0.5) is 5.82 Å². The van der Waals surface area contributed by atoms with Gasteiger partial charge in [-0.05, 0) is 6.42 Å². The van der Waals surface area contributed by atoms with Gasteiger partial charge >= 0.3 is 0 Å². The Morgan fingerprint density at radius 1 is 1.44 bits per heavy atom. The Balaban J connectivity index is 1.99. The lowest BCUT2D eigenvalue weighted by Crippen LogP contribution is -2.34. The van der Waals surface area contributed by atoms with Crippen LogP contribution < -0.4 is 11.1 Å². The molecule has 1 aliphatic rings. The molecular weight excluding hydrogens is 234 g/mol. The fraction of sp³-hybridized carbons (Fsp3) is 0.455. The molecule has 1 saturated heterocycles. The van der Waals surface area contributed by atoms with Gasteiger partial charge in [0.1, 0.15) is 11.8 Å². The minimum atomic E-state index is -0.552. The SMILES string of the molecule is Nc1ncnc2c(C3CC(O)C(CO)N3)c[nH]c12. The first-order valence-corrected chi connectivity index (χ1v) is 5.83. The molecule has 0 saturated carbocycles. The van der Waals surface area contributed by atoms with E-state index in [0.29, 0.717) is 17.8 Å². The smallest absolute Gasteiger partial charge is 0.151 e. The molecule has 3 atom stereocenters. The number of nitrogens with one attached hydrogen (secondary N) is 2. The number of nitrogen functional groups attached to an aromatic ring is 1. The van der Waals surface area contributed by atoms with E-state index in [-0.39, 0.29) is 18.7 Å². The number of anilines is 1. The molecule has 3 rings (SSSR count). The molecule has 3 unspecified atom stereocenters. The van der Waals surface area contributed by atoms with E-state index in [0.717, 1.165) is 11.1 Å². The van der Waals surface area contributed by atoms with Crippen LogP contribution in [-0.4, -0.2) is 43.9 Å². The number of aliphatic hydroxyl groups excluding tert-OH is 2. The van der Waals surface area contributed by atoms with Crippen LogP contribution in [0.3, 0.4) is 0 Å². The Kier molecular flexibility index (Phi) is 2.66. The van der Waals surface area contributed by atoms with Crippen LogP contribution in [-0.2, 0) is 0 Å². The molecule has 1 fully saturated rings.